The summed E-state index contributed by atoms with van der Waals surface area (Å²) in [6, 6.07) is 0.287. The first kappa shape index (κ1) is 0.852. The molecule has 0 aromatic carbocycles. The van der Waals surface area contributed by atoms with Gasteiger partial charge in [0.15, 0.2) is 0 Å². The third-order valence-electron chi connectivity index (χ3n) is 0.177. The minimum absolute atomic E-state index is 0.0741. The first-order valence-corrected chi connectivity index (χ1v) is 1.10. The minimum atomic E-state index is -0.0741. The first-order chi connectivity index (χ1) is 3.18. The molecular weight excluding hydrogens is 48.0 g/mol. The van der Waals surface area contributed by atoms with Crippen LogP contribution in [0.15, 0.2) is 12.1 Å². The number of allylic oxidation sites excluding steroid dienone is 2. The fourth-order valence-electron chi connectivity index (χ4n) is 0. The molecule has 0 aliphatic carbocycles. The molecule has 0 atom stereocenters. The van der Waals surface area contributed by atoms with E-state index in [9.17, 15) is 0 Å². The molecule has 4 heavy (non-hydrogen) atoms. The summed E-state index contributed by atoms with van der Waals surface area (Å²) in [6.45, 7) is 1.44. The second kappa shape index (κ2) is 2.74. The van der Waals surface area contributed by atoms with Gasteiger partial charge < -0.3 is 0 Å². The normalized spacial score (nSPS) is 24.8. The molecule has 24 valence electrons. The molecule has 0 heteroatoms. The molecule has 0 saturated carbocycles. The van der Waals surface area contributed by atoms with Crippen molar-refractivity contribution in [3.63, 3.8) is 0 Å². The van der Waals surface area contributed by atoms with Gasteiger partial charge in [0.25, 0.3) is 0 Å². The Kier molecular flexibility index (Phi) is 0.584. The van der Waals surface area contributed by atoms with Crippen molar-refractivity contribution in [2.75, 3.05) is 0 Å². The Hall–Kier alpha value is -0.260. The van der Waals surface area contributed by atoms with Crippen LogP contribution in [-0.2, 0) is 0 Å². The van der Waals surface area contributed by atoms with Crippen LogP contribution in [0.2, 0.25) is 0 Å². The van der Waals surface area contributed by atoms with E-state index in [0.717, 1.165) is 0 Å². The van der Waals surface area contributed by atoms with Crippen LogP contribution in [0.4, 0.5) is 0 Å². The highest BCUT2D eigenvalue weighted by molar-refractivity contribution is 4.68. The quantitative estimate of drug-likeness (QED) is 0.372. The van der Waals surface area contributed by atoms with Crippen molar-refractivity contribution in [1.82, 2.24) is 0 Å². The Balaban J connectivity index is 3.72. The molecule has 0 heterocycles. The third kappa shape index (κ3) is 1.74. The van der Waals surface area contributed by atoms with Gasteiger partial charge in [0, 0.05) is 1.37 Å². The molecule has 0 bridgehead atoms. The van der Waals surface area contributed by atoms with E-state index in [1.165, 1.54) is 6.92 Å². The van der Waals surface area contributed by atoms with E-state index in [1.54, 1.807) is 0 Å². The molecule has 0 unspecified atom stereocenters. The molecule has 0 aromatic rings. The lowest BCUT2D eigenvalue weighted by atomic mass is 10.6. The molecular formula is C4H8. The monoisotopic (exact) mass is 59.1 g/mol. The van der Waals surface area contributed by atoms with Crippen molar-refractivity contribution >= 4 is 0 Å². The summed E-state index contributed by atoms with van der Waals surface area (Å²) in [4.78, 5) is 0. The van der Waals surface area contributed by atoms with Gasteiger partial charge in [-0.05, 0) is 13.8 Å². The molecule has 0 radical (unpaired) electrons. The van der Waals surface area contributed by atoms with Crippen molar-refractivity contribution < 1.29 is 4.11 Å². The zero-order chi connectivity index (χ0) is 5.86. The van der Waals surface area contributed by atoms with E-state index in [0.29, 0.717) is 0 Å². The molecule has 0 aliphatic rings. The molecule has 0 spiro atoms. The Bertz CT molecular complexity index is 80.9. The second-order valence-corrected chi connectivity index (χ2v) is 0.427. The lowest BCUT2D eigenvalue weighted by Crippen LogP contribution is -1.26. The second-order valence-electron chi connectivity index (χ2n) is 0.427. The van der Waals surface area contributed by atoms with Crippen molar-refractivity contribution in [2.45, 2.75) is 13.8 Å². The van der Waals surface area contributed by atoms with Gasteiger partial charge in [0.1, 0.15) is 0 Å². The highest BCUT2D eigenvalue weighted by Crippen LogP contribution is 1.57. The van der Waals surface area contributed by atoms with Gasteiger partial charge in [-0.25, -0.2) is 0 Å². The Labute approximate surface area is 31.4 Å². The highest BCUT2D eigenvalue weighted by Gasteiger charge is 1.34. The van der Waals surface area contributed by atoms with Crippen LogP contribution in [0.5, 0.6) is 0 Å². The van der Waals surface area contributed by atoms with Crippen LogP contribution in [0.3, 0.4) is 0 Å². The van der Waals surface area contributed by atoms with Gasteiger partial charge in [-0.3, -0.25) is 0 Å². The predicted octanol–water partition coefficient (Wildman–Crippen LogP) is 1.58. The topological polar surface area (TPSA) is 0 Å². The maximum Gasteiger partial charge on any atom is 0.0569 e. The molecule has 0 fully saturated rings. The van der Waals surface area contributed by atoms with Crippen LogP contribution < -0.4 is 0 Å². The number of hydrogen-bond acceptors (Lipinski definition) is 0. The fourth-order valence-corrected chi connectivity index (χ4v) is 0. The summed E-state index contributed by atoms with van der Waals surface area (Å²) >= 11 is 0. The van der Waals surface area contributed by atoms with Gasteiger partial charge in [0.05, 0.1) is 2.74 Å². The van der Waals surface area contributed by atoms with Gasteiger partial charge in [0.2, 0.25) is 0 Å². The maximum absolute atomic E-state index is 6.78. The summed E-state index contributed by atoms with van der Waals surface area (Å²) in [6.07, 6.45) is 0. The average molecular weight is 59.1 g/mol. The van der Waals surface area contributed by atoms with Crippen LogP contribution in [0, 0.1) is 0 Å². The van der Waals surface area contributed by atoms with Crippen molar-refractivity contribution in [3.8, 4) is 0 Å². The standard InChI is InChI=1S/C4H8/c1-3-4-2/h3-4H,1-2H3/b4-3-/i1D,3D,4D. The molecule has 0 amide bonds. The largest absolute Gasteiger partial charge is 0.0919 e. The van der Waals surface area contributed by atoms with E-state index in [2.05, 4.69) is 0 Å². The molecule has 0 aromatic heterocycles. The fraction of sp³-hybridized carbons (Fsp3) is 0.500. The molecule has 0 rings (SSSR count). The third-order valence-corrected chi connectivity index (χ3v) is 0.177. The van der Waals surface area contributed by atoms with Crippen molar-refractivity contribution in [2.24, 2.45) is 0 Å². The van der Waals surface area contributed by atoms with Crippen LogP contribution >= 0.6 is 0 Å². The average Bonchev–Trinajstić information content (AvgIpc) is 1.65. The lowest BCUT2D eigenvalue weighted by molar-refractivity contribution is 1.64. The number of rotatable bonds is 0. The zero-order valence-corrected chi connectivity index (χ0v) is 2.71. The van der Waals surface area contributed by atoms with E-state index >= 15 is 0 Å². The van der Waals surface area contributed by atoms with Gasteiger partial charge in [-0.1, -0.05) is 12.1 Å². The smallest absolute Gasteiger partial charge is 0.0569 e. The van der Waals surface area contributed by atoms with E-state index in [4.69, 9.17) is 4.11 Å². The van der Waals surface area contributed by atoms with Crippen LogP contribution in [-0.4, -0.2) is 0 Å². The summed E-state index contributed by atoms with van der Waals surface area (Å²) in [7, 11) is 0. The summed E-state index contributed by atoms with van der Waals surface area (Å²) in [5, 5.41) is 0. The molecule has 0 nitrogen and oxygen atoms in total. The summed E-state index contributed by atoms with van der Waals surface area (Å²) in [5.41, 5.74) is 0. The number of hydrogen-bond donors (Lipinski definition) is 0. The summed E-state index contributed by atoms with van der Waals surface area (Å²) in [5.74, 6) is 0. The van der Waals surface area contributed by atoms with Gasteiger partial charge in [-0.2, -0.15) is 0 Å². The van der Waals surface area contributed by atoms with Gasteiger partial charge >= 0.3 is 0 Å². The van der Waals surface area contributed by atoms with Crippen molar-refractivity contribution in [1.29, 1.82) is 0 Å². The van der Waals surface area contributed by atoms with Gasteiger partial charge in [-0.15, -0.1) is 0 Å². The molecule has 0 saturated heterocycles. The Morgan fingerprint density at radius 2 is 2.75 bits per heavy atom. The Morgan fingerprint density at radius 3 is 2.75 bits per heavy atom. The van der Waals surface area contributed by atoms with E-state index in [-0.39, 0.29) is 19.0 Å². The lowest BCUT2D eigenvalue weighted by Gasteiger charge is -1.49. The highest BCUT2D eigenvalue weighted by atomic mass is 13.4. The molecule has 0 aliphatic heterocycles. The SMILES string of the molecule is [2H]C/C([2H])=C(/[2H])C. The minimum Gasteiger partial charge on any atom is -0.0919 e. The maximum atomic E-state index is 6.78. The summed E-state index contributed by atoms with van der Waals surface area (Å²) < 4.78 is 20.1. The zero-order valence-electron chi connectivity index (χ0n) is 5.71. The van der Waals surface area contributed by atoms with E-state index < -0.39 is 0 Å². The Morgan fingerprint density at radius 1 is 2.00 bits per heavy atom. The first-order valence-electron chi connectivity index (χ1n) is 2.81. The predicted molar refractivity (Wildman–Crippen MR) is 20.5 cm³/mol. The van der Waals surface area contributed by atoms with Crippen molar-refractivity contribution in [3.05, 3.63) is 12.1 Å². The molecule has 0 N–H and O–H groups in total. The van der Waals surface area contributed by atoms with Crippen LogP contribution in [0.1, 0.15) is 17.9 Å². The van der Waals surface area contributed by atoms with E-state index in [1.807, 2.05) is 0 Å². The van der Waals surface area contributed by atoms with Crippen LogP contribution in [0.25, 0.3) is 0 Å².